The molecule has 1 heterocycles. The molecule has 2 aliphatic rings. The van der Waals surface area contributed by atoms with Crippen molar-refractivity contribution in [3.8, 4) is 11.5 Å². The van der Waals surface area contributed by atoms with Crippen LogP contribution in [0.4, 0.5) is 5.69 Å². The molecule has 1 saturated carbocycles. The molecule has 4 rings (SSSR count). The maximum atomic E-state index is 13.7. The topological polar surface area (TPSA) is 51.1 Å². The zero-order chi connectivity index (χ0) is 24.8. The number of ether oxygens (including phenoxy) is 2. The Morgan fingerprint density at radius 1 is 1.09 bits per heavy atom. The van der Waals surface area contributed by atoms with Gasteiger partial charge in [0, 0.05) is 6.04 Å². The number of rotatable bonds is 8. The summed E-state index contributed by atoms with van der Waals surface area (Å²) in [5.41, 5.74) is 1.78. The third-order valence-corrected chi connectivity index (χ3v) is 7.34. The van der Waals surface area contributed by atoms with E-state index >= 15 is 0 Å². The average molecular weight is 493 g/mol. The van der Waals surface area contributed by atoms with Gasteiger partial charge in [0.05, 0.1) is 23.8 Å². The van der Waals surface area contributed by atoms with Crippen LogP contribution < -0.4 is 9.47 Å². The van der Waals surface area contributed by atoms with Crippen molar-refractivity contribution in [2.75, 3.05) is 13.2 Å². The van der Waals surface area contributed by atoms with Crippen LogP contribution in [0.1, 0.15) is 58.9 Å². The van der Waals surface area contributed by atoms with Crippen molar-refractivity contribution in [1.82, 2.24) is 4.90 Å². The first kappa shape index (κ1) is 25.4. The van der Waals surface area contributed by atoms with Crippen LogP contribution in [0.2, 0.25) is 0 Å². The SMILES string of the molecule is CCOc1cc(/C=C2\SC(=Nc3ccccc3)N([C@@H]3CCCC[C@H]3C)C2=O)ccc1OCC(C)C. The number of amidine groups is 1. The van der Waals surface area contributed by atoms with Crippen LogP contribution in [-0.4, -0.2) is 35.2 Å². The molecular weight excluding hydrogens is 456 g/mol. The van der Waals surface area contributed by atoms with Gasteiger partial charge in [-0.2, -0.15) is 0 Å². The Morgan fingerprint density at radius 2 is 1.86 bits per heavy atom. The maximum absolute atomic E-state index is 13.7. The molecule has 0 radical (unpaired) electrons. The fraction of sp³-hybridized carbons (Fsp3) is 0.448. The molecule has 2 fully saturated rings. The third kappa shape index (κ3) is 6.29. The fourth-order valence-electron chi connectivity index (χ4n) is 4.56. The second-order valence-electron chi connectivity index (χ2n) is 9.69. The summed E-state index contributed by atoms with van der Waals surface area (Å²) in [6.07, 6.45) is 6.50. The van der Waals surface area contributed by atoms with Gasteiger partial charge < -0.3 is 9.47 Å². The van der Waals surface area contributed by atoms with Gasteiger partial charge in [-0.1, -0.05) is 57.9 Å². The van der Waals surface area contributed by atoms with Gasteiger partial charge in [-0.05, 0) is 79.3 Å². The summed E-state index contributed by atoms with van der Waals surface area (Å²) in [6, 6.07) is 15.9. The molecule has 35 heavy (non-hydrogen) atoms. The highest BCUT2D eigenvalue weighted by atomic mass is 32.2. The Hall–Kier alpha value is -2.73. The van der Waals surface area contributed by atoms with E-state index in [-0.39, 0.29) is 11.9 Å². The molecule has 186 valence electrons. The lowest BCUT2D eigenvalue weighted by molar-refractivity contribution is -0.124. The van der Waals surface area contributed by atoms with Crippen LogP contribution in [0.3, 0.4) is 0 Å². The number of thioether (sulfide) groups is 1. The van der Waals surface area contributed by atoms with Gasteiger partial charge in [0.25, 0.3) is 5.91 Å². The van der Waals surface area contributed by atoms with Gasteiger partial charge in [0.2, 0.25) is 0 Å². The highest BCUT2D eigenvalue weighted by Crippen LogP contribution is 2.40. The average Bonchev–Trinajstić information content (AvgIpc) is 3.14. The molecular formula is C29H36N2O3S. The van der Waals surface area contributed by atoms with Crippen molar-refractivity contribution in [2.45, 2.75) is 59.4 Å². The van der Waals surface area contributed by atoms with Gasteiger partial charge in [-0.25, -0.2) is 4.99 Å². The number of amides is 1. The lowest BCUT2D eigenvalue weighted by Gasteiger charge is -2.35. The summed E-state index contributed by atoms with van der Waals surface area (Å²) in [5, 5.41) is 0.771. The van der Waals surface area contributed by atoms with Crippen molar-refractivity contribution < 1.29 is 14.3 Å². The van der Waals surface area contributed by atoms with Crippen molar-refractivity contribution >= 4 is 34.6 Å². The van der Waals surface area contributed by atoms with E-state index in [1.807, 2.05) is 66.4 Å². The highest BCUT2D eigenvalue weighted by molar-refractivity contribution is 8.18. The largest absolute Gasteiger partial charge is 0.490 e. The minimum Gasteiger partial charge on any atom is -0.490 e. The van der Waals surface area contributed by atoms with Crippen molar-refractivity contribution in [3.63, 3.8) is 0 Å². The highest BCUT2D eigenvalue weighted by Gasteiger charge is 2.41. The number of hydrogen-bond acceptors (Lipinski definition) is 5. The molecule has 1 saturated heterocycles. The molecule has 0 aromatic heterocycles. The zero-order valence-corrected chi connectivity index (χ0v) is 22.0. The molecule has 2 aromatic rings. The quantitative estimate of drug-likeness (QED) is 0.363. The van der Waals surface area contributed by atoms with Gasteiger partial charge >= 0.3 is 0 Å². The van der Waals surface area contributed by atoms with E-state index in [1.165, 1.54) is 18.2 Å². The predicted octanol–water partition coefficient (Wildman–Crippen LogP) is 7.30. The summed E-state index contributed by atoms with van der Waals surface area (Å²) in [6.45, 7) is 9.64. The number of benzene rings is 2. The van der Waals surface area contributed by atoms with Crippen LogP contribution >= 0.6 is 11.8 Å². The smallest absolute Gasteiger partial charge is 0.267 e. The van der Waals surface area contributed by atoms with Crippen LogP contribution in [0.15, 0.2) is 58.4 Å². The minimum absolute atomic E-state index is 0.0431. The molecule has 0 unspecified atom stereocenters. The van der Waals surface area contributed by atoms with Crippen LogP contribution in [0.25, 0.3) is 6.08 Å². The summed E-state index contributed by atoms with van der Waals surface area (Å²) in [4.78, 5) is 21.2. The molecule has 2 aromatic carbocycles. The van der Waals surface area contributed by atoms with Crippen molar-refractivity contribution in [1.29, 1.82) is 0 Å². The standard InChI is InChI=1S/C29H36N2O3S/c1-5-33-26-17-22(15-16-25(26)34-19-20(2)3)18-27-28(32)31(24-14-10-9-11-21(24)4)29(35-27)30-23-12-7-6-8-13-23/h6-8,12-13,15-18,20-21,24H,5,9-11,14,19H2,1-4H3/b27-18-,30-29?/t21-,24-/m1/s1. The molecule has 0 N–H and O–H groups in total. The molecule has 1 amide bonds. The second kappa shape index (κ2) is 11.8. The molecule has 2 atom stereocenters. The maximum Gasteiger partial charge on any atom is 0.267 e. The van der Waals surface area contributed by atoms with E-state index in [0.717, 1.165) is 41.4 Å². The second-order valence-corrected chi connectivity index (χ2v) is 10.7. The van der Waals surface area contributed by atoms with E-state index in [2.05, 4.69) is 20.8 Å². The molecule has 5 nitrogen and oxygen atoms in total. The van der Waals surface area contributed by atoms with Crippen LogP contribution in [0.5, 0.6) is 11.5 Å². The molecule has 6 heteroatoms. The first-order valence-electron chi connectivity index (χ1n) is 12.7. The summed E-state index contributed by atoms with van der Waals surface area (Å²) >= 11 is 1.47. The number of nitrogens with zero attached hydrogens (tertiary/aromatic N) is 2. The summed E-state index contributed by atoms with van der Waals surface area (Å²) in [5.74, 6) is 2.36. The van der Waals surface area contributed by atoms with Gasteiger partial charge in [0.1, 0.15) is 0 Å². The van der Waals surface area contributed by atoms with Gasteiger partial charge in [-0.3, -0.25) is 9.69 Å². The summed E-state index contributed by atoms with van der Waals surface area (Å²) < 4.78 is 11.8. The Labute approximate surface area is 213 Å². The van der Waals surface area contributed by atoms with Crippen LogP contribution in [-0.2, 0) is 4.79 Å². The van der Waals surface area contributed by atoms with E-state index in [9.17, 15) is 4.79 Å². The van der Waals surface area contributed by atoms with Crippen molar-refractivity contribution in [2.24, 2.45) is 16.8 Å². The first-order valence-corrected chi connectivity index (χ1v) is 13.5. The Morgan fingerprint density at radius 3 is 2.57 bits per heavy atom. The number of para-hydroxylation sites is 1. The number of carbonyl (C=O) groups is 1. The number of carbonyl (C=O) groups excluding carboxylic acids is 1. The Bertz CT molecular complexity index is 1080. The van der Waals surface area contributed by atoms with Gasteiger partial charge in [-0.15, -0.1) is 0 Å². The van der Waals surface area contributed by atoms with Gasteiger partial charge in [0.15, 0.2) is 16.7 Å². The lowest BCUT2D eigenvalue weighted by atomic mass is 9.85. The molecule has 0 spiro atoms. The molecule has 0 bridgehead atoms. The van der Waals surface area contributed by atoms with E-state index in [1.54, 1.807) is 0 Å². The third-order valence-electron chi connectivity index (χ3n) is 6.35. The number of aliphatic imine (C=N–C) groups is 1. The lowest BCUT2D eigenvalue weighted by Crippen LogP contribution is -2.44. The van der Waals surface area contributed by atoms with Crippen molar-refractivity contribution in [3.05, 3.63) is 59.0 Å². The van der Waals surface area contributed by atoms with Crippen LogP contribution in [0, 0.1) is 11.8 Å². The normalized spacial score (nSPS) is 22.9. The van der Waals surface area contributed by atoms with E-state index in [0.29, 0.717) is 35.7 Å². The first-order chi connectivity index (χ1) is 17.0. The van der Waals surface area contributed by atoms with E-state index in [4.69, 9.17) is 14.5 Å². The number of hydrogen-bond donors (Lipinski definition) is 0. The monoisotopic (exact) mass is 492 g/mol. The Balaban J connectivity index is 1.66. The zero-order valence-electron chi connectivity index (χ0n) is 21.2. The van der Waals surface area contributed by atoms with E-state index < -0.39 is 0 Å². The molecule has 1 aliphatic carbocycles. The Kier molecular flexibility index (Phi) is 8.55. The predicted molar refractivity (Wildman–Crippen MR) is 145 cm³/mol. The summed E-state index contributed by atoms with van der Waals surface area (Å²) in [7, 11) is 0. The minimum atomic E-state index is 0.0431. The molecule has 1 aliphatic heterocycles. The fourth-order valence-corrected chi connectivity index (χ4v) is 5.61.